The van der Waals surface area contributed by atoms with Gasteiger partial charge in [-0.1, -0.05) is 24.6 Å². The molecule has 1 aliphatic rings. The lowest BCUT2D eigenvalue weighted by Crippen LogP contribution is -2.38. The van der Waals surface area contributed by atoms with Crippen LogP contribution >= 0.6 is 0 Å². The normalized spacial score (nSPS) is 13.9. The topological polar surface area (TPSA) is 86.1 Å². The van der Waals surface area contributed by atoms with Crippen molar-refractivity contribution in [3.63, 3.8) is 0 Å². The molecule has 1 saturated carbocycles. The van der Waals surface area contributed by atoms with E-state index in [0.29, 0.717) is 11.3 Å². The highest BCUT2D eigenvalue weighted by atomic mass is 32.2. The Labute approximate surface area is 191 Å². The molecule has 1 fully saturated rings. The van der Waals surface area contributed by atoms with E-state index in [-0.39, 0.29) is 41.3 Å². The SMILES string of the molecule is COc1ccc(S(=O)(=O)Oc2ccccc2CN(Cc2ccco2)C(=O)C2CCC2)cc1F. The first-order valence-corrected chi connectivity index (χ1v) is 12.0. The number of ether oxygens (including phenoxy) is 1. The Balaban J connectivity index is 1.59. The molecule has 33 heavy (non-hydrogen) atoms. The third-order valence-corrected chi connectivity index (χ3v) is 6.87. The van der Waals surface area contributed by atoms with Crippen molar-refractivity contribution in [2.24, 2.45) is 5.92 Å². The van der Waals surface area contributed by atoms with E-state index in [1.807, 2.05) is 0 Å². The van der Waals surface area contributed by atoms with Crippen LogP contribution in [0.15, 0.2) is 70.2 Å². The summed E-state index contributed by atoms with van der Waals surface area (Å²) in [6.07, 6.45) is 4.23. The minimum absolute atomic E-state index is 0.00691. The van der Waals surface area contributed by atoms with Gasteiger partial charge in [0.25, 0.3) is 0 Å². The highest BCUT2D eigenvalue weighted by Crippen LogP contribution is 2.31. The molecule has 174 valence electrons. The molecule has 0 atom stereocenters. The van der Waals surface area contributed by atoms with Crippen molar-refractivity contribution in [2.45, 2.75) is 37.2 Å². The summed E-state index contributed by atoms with van der Waals surface area (Å²) in [6.45, 7) is 0.395. The molecule has 0 radical (unpaired) electrons. The fraction of sp³-hybridized carbons (Fsp3) is 0.292. The number of para-hydroxylation sites is 1. The van der Waals surface area contributed by atoms with Crippen LogP contribution in [-0.2, 0) is 28.0 Å². The quantitative estimate of drug-likeness (QED) is 0.425. The van der Waals surface area contributed by atoms with Crippen molar-refractivity contribution in [1.29, 1.82) is 0 Å². The van der Waals surface area contributed by atoms with Crippen LogP contribution in [0.3, 0.4) is 0 Å². The van der Waals surface area contributed by atoms with E-state index in [4.69, 9.17) is 13.3 Å². The van der Waals surface area contributed by atoms with Crippen LogP contribution in [0, 0.1) is 11.7 Å². The maximum Gasteiger partial charge on any atom is 0.339 e. The molecule has 0 spiro atoms. The second-order valence-corrected chi connectivity index (χ2v) is 9.39. The first kappa shape index (κ1) is 22.8. The predicted molar refractivity (Wildman–Crippen MR) is 118 cm³/mol. The number of halogens is 1. The van der Waals surface area contributed by atoms with Gasteiger partial charge in [-0.05, 0) is 49.2 Å². The van der Waals surface area contributed by atoms with Crippen LogP contribution in [0.1, 0.15) is 30.6 Å². The van der Waals surface area contributed by atoms with Gasteiger partial charge in [0.2, 0.25) is 5.91 Å². The zero-order valence-electron chi connectivity index (χ0n) is 18.1. The summed E-state index contributed by atoms with van der Waals surface area (Å²) >= 11 is 0. The van der Waals surface area contributed by atoms with Gasteiger partial charge in [0.05, 0.1) is 19.9 Å². The van der Waals surface area contributed by atoms with Crippen LogP contribution in [0.4, 0.5) is 4.39 Å². The molecule has 0 unspecified atom stereocenters. The lowest BCUT2D eigenvalue weighted by molar-refractivity contribution is -0.139. The molecule has 0 N–H and O–H groups in total. The van der Waals surface area contributed by atoms with E-state index >= 15 is 0 Å². The fourth-order valence-corrected chi connectivity index (χ4v) is 4.58. The fourth-order valence-electron chi connectivity index (χ4n) is 3.61. The number of hydrogen-bond acceptors (Lipinski definition) is 6. The summed E-state index contributed by atoms with van der Waals surface area (Å²) < 4.78 is 55.3. The van der Waals surface area contributed by atoms with Crippen molar-refractivity contribution < 1.29 is 30.9 Å². The third kappa shape index (κ3) is 5.19. The summed E-state index contributed by atoms with van der Waals surface area (Å²) in [7, 11) is -3.03. The van der Waals surface area contributed by atoms with Gasteiger partial charge in [0, 0.05) is 18.0 Å². The Bertz CT molecular complexity index is 1220. The second kappa shape index (κ2) is 9.66. The number of carbonyl (C=O) groups is 1. The van der Waals surface area contributed by atoms with Gasteiger partial charge in [0.15, 0.2) is 11.6 Å². The van der Waals surface area contributed by atoms with E-state index in [9.17, 15) is 17.6 Å². The van der Waals surface area contributed by atoms with Crippen LogP contribution in [0.25, 0.3) is 0 Å². The highest BCUT2D eigenvalue weighted by Gasteiger charge is 2.31. The smallest absolute Gasteiger partial charge is 0.339 e. The number of carbonyl (C=O) groups excluding carboxylic acids is 1. The highest BCUT2D eigenvalue weighted by molar-refractivity contribution is 7.87. The van der Waals surface area contributed by atoms with Crippen molar-refractivity contribution in [3.05, 3.63) is 78.0 Å². The monoisotopic (exact) mass is 473 g/mol. The molecule has 9 heteroatoms. The standard InChI is InChI=1S/C24H24FNO6S/c1-30-23-12-11-20(14-21(23)25)33(28,29)32-22-10-3-2-6-18(22)15-26(16-19-9-5-13-31-19)24(27)17-7-4-8-17/h2-3,5-6,9-14,17H,4,7-8,15-16H2,1H3. The lowest BCUT2D eigenvalue weighted by Gasteiger charge is -2.31. The maximum absolute atomic E-state index is 14.1. The first-order chi connectivity index (χ1) is 15.9. The molecule has 0 aliphatic heterocycles. The molecule has 1 aliphatic carbocycles. The van der Waals surface area contributed by atoms with Crippen LogP contribution in [-0.4, -0.2) is 26.3 Å². The molecule has 1 amide bonds. The first-order valence-electron chi connectivity index (χ1n) is 10.5. The molecule has 4 rings (SSSR count). The molecule has 1 aromatic heterocycles. The van der Waals surface area contributed by atoms with Crippen molar-refractivity contribution in [1.82, 2.24) is 4.90 Å². The Kier molecular flexibility index (Phi) is 6.69. The number of hydrogen-bond donors (Lipinski definition) is 0. The second-order valence-electron chi connectivity index (χ2n) is 7.84. The summed E-state index contributed by atoms with van der Waals surface area (Å²) in [5, 5.41) is 0. The summed E-state index contributed by atoms with van der Waals surface area (Å²) in [4.78, 5) is 14.3. The van der Waals surface area contributed by atoms with Crippen molar-refractivity contribution in [3.8, 4) is 11.5 Å². The average molecular weight is 474 g/mol. The lowest BCUT2D eigenvalue weighted by atomic mass is 9.84. The van der Waals surface area contributed by atoms with Crippen LogP contribution in [0.2, 0.25) is 0 Å². The van der Waals surface area contributed by atoms with Gasteiger partial charge in [-0.15, -0.1) is 0 Å². The van der Waals surface area contributed by atoms with Gasteiger partial charge >= 0.3 is 10.1 Å². The Morgan fingerprint density at radius 2 is 1.88 bits per heavy atom. The van der Waals surface area contributed by atoms with Gasteiger partial charge in [-0.25, -0.2) is 4.39 Å². The zero-order chi connectivity index (χ0) is 23.4. The summed E-state index contributed by atoms with van der Waals surface area (Å²) in [6, 6.07) is 13.4. The van der Waals surface area contributed by atoms with E-state index in [1.54, 1.807) is 41.5 Å². The average Bonchev–Trinajstić information content (AvgIpc) is 3.26. The Hall–Kier alpha value is -3.33. The molecule has 7 nitrogen and oxygen atoms in total. The molecule has 1 heterocycles. The Morgan fingerprint density at radius 1 is 1.09 bits per heavy atom. The molecule has 0 bridgehead atoms. The number of nitrogens with zero attached hydrogens (tertiary/aromatic N) is 1. The molecular formula is C24H24FNO6S. The Morgan fingerprint density at radius 3 is 2.52 bits per heavy atom. The molecule has 3 aromatic rings. The van der Waals surface area contributed by atoms with Gasteiger partial charge in [0.1, 0.15) is 16.4 Å². The van der Waals surface area contributed by atoms with E-state index < -0.39 is 15.9 Å². The number of furan rings is 1. The molecular weight excluding hydrogens is 449 g/mol. The minimum atomic E-state index is -4.32. The van der Waals surface area contributed by atoms with E-state index in [1.165, 1.54) is 25.3 Å². The van der Waals surface area contributed by atoms with Crippen molar-refractivity contribution >= 4 is 16.0 Å². The van der Waals surface area contributed by atoms with Crippen molar-refractivity contribution in [2.75, 3.05) is 7.11 Å². The number of rotatable bonds is 9. The summed E-state index contributed by atoms with van der Waals surface area (Å²) in [5.41, 5.74) is 0.509. The maximum atomic E-state index is 14.1. The molecule has 0 saturated heterocycles. The number of amides is 1. The summed E-state index contributed by atoms with van der Waals surface area (Å²) in [5.74, 6) is -0.239. The van der Waals surface area contributed by atoms with Crippen LogP contribution in [0.5, 0.6) is 11.5 Å². The van der Waals surface area contributed by atoms with Crippen LogP contribution < -0.4 is 8.92 Å². The van der Waals surface area contributed by atoms with E-state index in [0.717, 1.165) is 25.3 Å². The molecule has 2 aromatic carbocycles. The number of methoxy groups -OCH3 is 1. The largest absolute Gasteiger partial charge is 0.494 e. The van der Waals surface area contributed by atoms with Gasteiger partial charge in [-0.3, -0.25) is 4.79 Å². The zero-order valence-corrected chi connectivity index (χ0v) is 18.9. The number of benzene rings is 2. The predicted octanol–water partition coefficient (Wildman–Crippen LogP) is 4.52. The third-order valence-electron chi connectivity index (χ3n) is 5.64. The van der Waals surface area contributed by atoms with Gasteiger partial charge in [-0.2, -0.15) is 8.42 Å². The van der Waals surface area contributed by atoms with Gasteiger partial charge < -0.3 is 18.2 Å². The minimum Gasteiger partial charge on any atom is -0.494 e. The van der Waals surface area contributed by atoms with E-state index in [2.05, 4.69) is 0 Å².